The SMILES string of the molecule is CCCCC(F)C(F)(F)C(F)(F)C(F)(F)S(=O)(=O)N(CC)CC(=O)[O-].[K+]. The monoisotopic (exact) mass is 443 g/mol. The molecule has 0 N–H and O–H groups in total. The molecular formula is C12H17F7KNO4S. The van der Waals surface area contributed by atoms with Crippen molar-refractivity contribution in [3.05, 3.63) is 0 Å². The van der Waals surface area contributed by atoms with Gasteiger partial charge in [-0.15, -0.1) is 0 Å². The fourth-order valence-corrected chi connectivity index (χ4v) is 3.19. The number of unbranched alkanes of at least 4 members (excludes halogenated alkanes) is 1. The van der Waals surface area contributed by atoms with E-state index in [-0.39, 0.29) is 64.2 Å². The zero-order chi connectivity index (χ0) is 20.3. The molecule has 0 aliphatic heterocycles. The van der Waals surface area contributed by atoms with Gasteiger partial charge < -0.3 is 9.90 Å². The van der Waals surface area contributed by atoms with Crippen LogP contribution in [0.2, 0.25) is 0 Å². The Morgan fingerprint density at radius 2 is 1.58 bits per heavy atom. The molecule has 0 saturated carbocycles. The van der Waals surface area contributed by atoms with E-state index in [1.807, 2.05) is 0 Å². The first-order valence-corrected chi connectivity index (χ1v) is 8.52. The predicted octanol–water partition coefficient (Wildman–Crippen LogP) is -1.22. The third-order valence-corrected chi connectivity index (χ3v) is 5.28. The van der Waals surface area contributed by atoms with Crippen LogP contribution in [-0.2, 0) is 14.8 Å². The topological polar surface area (TPSA) is 77.5 Å². The molecule has 150 valence electrons. The summed E-state index contributed by atoms with van der Waals surface area (Å²) < 4.78 is 118. The van der Waals surface area contributed by atoms with Crippen LogP contribution in [0.1, 0.15) is 33.1 Å². The molecular weight excluding hydrogens is 426 g/mol. The minimum atomic E-state index is -6.62. The van der Waals surface area contributed by atoms with Gasteiger partial charge in [0.05, 0.1) is 12.5 Å². The van der Waals surface area contributed by atoms with Gasteiger partial charge in [-0.3, -0.25) is 0 Å². The number of carbonyl (C=O) groups excluding carboxylic acids is 1. The van der Waals surface area contributed by atoms with Gasteiger partial charge in [0, 0.05) is 6.54 Å². The molecule has 1 unspecified atom stereocenters. The van der Waals surface area contributed by atoms with Crippen LogP contribution < -0.4 is 56.5 Å². The molecule has 0 aliphatic rings. The van der Waals surface area contributed by atoms with Crippen molar-refractivity contribution in [2.75, 3.05) is 13.1 Å². The van der Waals surface area contributed by atoms with E-state index in [9.17, 15) is 49.1 Å². The van der Waals surface area contributed by atoms with Crippen molar-refractivity contribution in [1.82, 2.24) is 4.31 Å². The minimum absolute atomic E-state index is 0. The molecule has 26 heavy (non-hydrogen) atoms. The van der Waals surface area contributed by atoms with Gasteiger partial charge in [-0.05, 0) is 6.42 Å². The number of hydrogen-bond donors (Lipinski definition) is 0. The third-order valence-electron chi connectivity index (χ3n) is 3.31. The molecule has 0 aromatic rings. The van der Waals surface area contributed by atoms with Crippen LogP contribution in [0, 0.1) is 0 Å². The Balaban J connectivity index is 0. The molecule has 0 bridgehead atoms. The van der Waals surface area contributed by atoms with Crippen molar-refractivity contribution in [3.63, 3.8) is 0 Å². The Morgan fingerprint density at radius 1 is 1.12 bits per heavy atom. The van der Waals surface area contributed by atoms with Crippen molar-refractivity contribution < 1.29 is 100 Å². The van der Waals surface area contributed by atoms with Crippen LogP contribution >= 0.6 is 0 Å². The number of rotatable bonds is 11. The largest absolute Gasteiger partial charge is 1.00 e. The average Bonchev–Trinajstić information content (AvgIpc) is 2.48. The maximum Gasteiger partial charge on any atom is 1.00 e. The first-order chi connectivity index (χ1) is 11.1. The van der Waals surface area contributed by atoms with E-state index in [1.54, 1.807) is 0 Å². The Kier molecular flexibility index (Phi) is 11.4. The molecule has 14 heteroatoms. The summed E-state index contributed by atoms with van der Waals surface area (Å²) in [6.45, 7) is -0.583. The second-order valence-corrected chi connectivity index (χ2v) is 7.11. The number of hydrogen-bond acceptors (Lipinski definition) is 4. The zero-order valence-corrected chi connectivity index (χ0v) is 18.2. The van der Waals surface area contributed by atoms with Crippen molar-refractivity contribution in [2.45, 2.75) is 56.4 Å². The molecule has 1 atom stereocenters. The van der Waals surface area contributed by atoms with Crippen molar-refractivity contribution in [3.8, 4) is 0 Å². The van der Waals surface area contributed by atoms with Crippen LogP contribution in [0.25, 0.3) is 0 Å². The van der Waals surface area contributed by atoms with E-state index in [0.29, 0.717) is 0 Å². The van der Waals surface area contributed by atoms with Gasteiger partial charge in [0.1, 0.15) is 0 Å². The molecule has 0 saturated heterocycles. The van der Waals surface area contributed by atoms with Crippen LogP contribution in [0.5, 0.6) is 0 Å². The number of alkyl halides is 7. The molecule has 0 aliphatic carbocycles. The number of halogens is 7. The summed E-state index contributed by atoms with van der Waals surface area (Å²) in [5, 5.41) is 3.90. The van der Waals surface area contributed by atoms with Crippen molar-refractivity contribution >= 4 is 16.0 Å². The second-order valence-electron chi connectivity index (χ2n) is 5.13. The number of nitrogens with zero attached hydrogens (tertiary/aromatic N) is 1. The Labute approximate surface area is 188 Å². The van der Waals surface area contributed by atoms with Crippen LogP contribution in [0.3, 0.4) is 0 Å². The number of carboxylic acids is 1. The maximum atomic E-state index is 13.8. The van der Waals surface area contributed by atoms with E-state index < -0.39 is 63.1 Å². The van der Waals surface area contributed by atoms with Gasteiger partial charge in [-0.25, -0.2) is 12.8 Å². The van der Waals surface area contributed by atoms with Crippen molar-refractivity contribution in [2.24, 2.45) is 0 Å². The summed E-state index contributed by atoms with van der Waals surface area (Å²) in [4.78, 5) is 10.4. The zero-order valence-electron chi connectivity index (χ0n) is 14.2. The molecule has 0 rings (SSSR count). The molecule has 0 aromatic heterocycles. The molecule has 0 heterocycles. The van der Waals surface area contributed by atoms with Gasteiger partial charge in [-0.1, -0.05) is 26.7 Å². The standard InChI is InChI=1S/C12H18F7NO4S.K/c1-3-5-6-8(13)10(14,15)11(16,17)12(18,19)25(23,24)20(4-2)7-9(21)22;/h8H,3-7H2,1-2H3,(H,21,22);/q;+1/p-1. The summed E-state index contributed by atoms with van der Waals surface area (Å²) in [6.07, 6.45) is -5.13. The van der Waals surface area contributed by atoms with Crippen LogP contribution in [-0.4, -0.2) is 55.1 Å². The van der Waals surface area contributed by atoms with Gasteiger partial charge in [0.25, 0.3) is 10.0 Å². The quantitative estimate of drug-likeness (QED) is 0.297. The second kappa shape index (κ2) is 10.3. The smallest absolute Gasteiger partial charge is 0.549 e. The number of carboxylic acid groups (broad SMARTS) is 1. The van der Waals surface area contributed by atoms with Crippen molar-refractivity contribution in [1.29, 1.82) is 0 Å². The fraction of sp³-hybridized carbons (Fsp3) is 0.917. The normalized spacial score (nSPS) is 14.8. The summed E-state index contributed by atoms with van der Waals surface area (Å²) in [5.74, 6) is -14.8. The maximum absolute atomic E-state index is 13.8. The van der Waals surface area contributed by atoms with Crippen LogP contribution in [0.15, 0.2) is 0 Å². The number of sulfonamides is 1. The number of likely N-dealkylation sites (N-methyl/N-ethyl adjacent to an activating group) is 1. The van der Waals surface area contributed by atoms with Gasteiger partial charge >= 0.3 is 68.5 Å². The Bertz CT molecular complexity index is 574. The van der Waals surface area contributed by atoms with E-state index in [0.717, 1.165) is 6.92 Å². The Hall–Kier alpha value is 0.526. The molecule has 0 radical (unpaired) electrons. The fourth-order valence-electron chi connectivity index (χ4n) is 1.79. The van der Waals surface area contributed by atoms with Gasteiger partial charge in [0.15, 0.2) is 6.17 Å². The van der Waals surface area contributed by atoms with Gasteiger partial charge in [0.2, 0.25) is 0 Å². The summed E-state index contributed by atoms with van der Waals surface area (Å²) in [5.41, 5.74) is 0. The minimum Gasteiger partial charge on any atom is -0.549 e. The van der Waals surface area contributed by atoms with Gasteiger partial charge in [-0.2, -0.15) is 30.6 Å². The molecule has 0 spiro atoms. The molecule has 0 amide bonds. The van der Waals surface area contributed by atoms with E-state index in [2.05, 4.69) is 0 Å². The first kappa shape index (κ1) is 28.7. The Morgan fingerprint density at radius 3 is 1.92 bits per heavy atom. The van der Waals surface area contributed by atoms with E-state index in [4.69, 9.17) is 0 Å². The predicted molar refractivity (Wildman–Crippen MR) is 70.4 cm³/mol. The summed E-state index contributed by atoms with van der Waals surface area (Å²) in [6, 6.07) is 0. The van der Waals surface area contributed by atoms with Crippen LogP contribution in [0.4, 0.5) is 30.7 Å². The molecule has 0 fully saturated rings. The number of aliphatic carboxylic acids is 1. The first-order valence-electron chi connectivity index (χ1n) is 7.08. The van der Waals surface area contributed by atoms with E-state index >= 15 is 0 Å². The third kappa shape index (κ3) is 5.53. The average molecular weight is 443 g/mol. The summed E-state index contributed by atoms with van der Waals surface area (Å²) in [7, 11) is -6.56. The number of carbonyl (C=O) groups is 1. The summed E-state index contributed by atoms with van der Waals surface area (Å²) >= 11 is 0. The molecule has 0 aromatic carbocycles. The molecule has 5 nitrogen and oxygen atoms in total. The van der Waals surface area contributed by atoms with E-state index in [1.165, 1.54) is 6.92 Å².